The molecule has 0 aliphatic carbocycles. The van der Waals surface area contributed by atoms with Gasteiger partial charge < -0.3 is 15.5 Å². The Morgan fingerprint density at radius 1 is 1.19 bits per heavy atom. The molecule has 0 saturated carbocycles. The van der Waals surface area contributed by atoms with Crippen molar-refractivity contribution in [2.75, 3.05) is 28.6 Å². The zero-order valence-electron chi connectivity index (χ0n) is 15.7. The Balaban J connectivity index is 2.11. The molecule has 0 aliphatic rings. The largest absolute Gasteiger partial charge is 0.372 e. The molecule has 0 fully saturated rings. The molecular formula is C21H23FN4O. The SMILES string of the molecule is CCN(CC)c1ccc(N/C=C(/C#N)C(=O)Nc2ccc(F)cc2)c(C)c1. The van der Waals surface area contributed by atoms with Gasteiger partial charge in [-0.05, 0) is 68.8 Å². The number of carbonyl (C=O) groups excluding carboxylic acids is 1. The number of benzene rings is 2. The standard InChI is InChI=1S/C21H23FN4O/c1-4-26(5-2)19-10-11-20(15(3)12-19)24-14-16(13-23)21(27)25-18-8-6-17(22)7-9-18/h6-12,14,24H,4-5H2,1-3H3,(H,25,27)/b16-14-. The number of hydrogen-bond acceptors (Lipinski definition) is 4. The molecule has 2 aromatic carbocycles. The molecular weight excluding hydrogens is 343 g/mol. The third-order valence-corrected chi connectivity index (χ3v) is 4.18. The molecule has 27 heavy (non-hydrogen) atoms. The first kappa shape index (κ1) is 20.0. The second-order valence-corrected chi connectivity index (χ2v) is 5.95. The molecule has 5 nitrogen and oxygen atoms in total. The molecule has 0 aliphatic heterocycles. The third kappa shape index (κ3) is 5.32. The fraction of sp³-hybridized carbons (Fsp3) is 0.238. The Morgan fingerprint density at radius 3 is 2.41 bits per heavy atom. The molecule has 0 heterocycles. The first-order valence-electron chi connectivity index (χ1n) is 8.77. The van der Waals surface area contributed by atoms with E-state index in [2.05, 4.69) is 35.4 Å². The van der Waals surface area contributed by atoms with Crippen molar-refractivity contribution in [3.63, 3.8) is 0 Å². The number of rotatable bonds is 7. The van der Waals surface area contributed by atoms with Gasteiger partial charge in [0.1, 0.15) is 17.5 Å². The molecule has 0 radical (unpaired) electrons. The van der Waals surface area contributed by atoms with Crippen LogP contribution in [0, 0.1) is 24.1 Å². The predicted molar refractivity (Wildman–Crippen MR) is 107 cm³/mol. The van der Waals surface area contributed by atoms with Crippen molar-refractivity contribution in [1.82, 2.24) is 0 Å². The molecule has 0 saturated heterocycles. The first-order chi connectivity index (χ1) is 13.0. The quantitative estimate of drug-likeness (QED) is 0.562. The lowest BCUT2D eigenvalue weighted by atomic mass is 10.1. The molecule has 0 unspecified atom stereocenters. The lowest BCUT2D eigenvalue weighted by Gasteiger charge is -2.22. The van der Waals surface area contributed by atoms with Crippen molar-refractivity contribution in [3.05, 3.63) is 65.6 Å². The van der Waals surface area contributed by atoms with Gasteiger partial charge in [0, 0.05) is 36.4 Å². The molecule has 0 atom stereocenters. The van der Waals surface area contributed by atoms with Gasteiger partial charge in [0.15, 0.2) is 0 Å². The van der Waals surface area contributed by atoms with Crippen LogP contribution in [0.2, 0.25) is 0 Å². The molecule has 2 aromatic rings. The summed E-state index contributed by atoms with van der Waals surface area (Å²) >= 11 is 0. The summed E-state index contributed by atoms with van der Waals surface area (Å²) < 4.78 is 12.9. The van der Waals surface area contributed by atoms with E-state index in [1.165, 1.54) is 30.5 Å². The van der Waals surface area contributed by atoms with Crippen molar-refractivity contribution < 1.29 is 9.18 Å². The van der Waals surface area contributed by atoms with Crippen LogP contribution in [-0.4, -0.2) is 19.0 Å². The summed E-state index contributed by atoms with van der Waals surface area (Å²) in [7, 11) is 0. The van der Waals surface area contributed by atoms with Crippen molar-refractivity contribution in [2.24, 2.45) is 0 Å². The van der Waals surface area contributed by atoms with E-state index in [-0.39, 0.29) is 5.57 Å². The van der Waals surface area contributed by atoms with Crippen molar-refractivity contribution in [2.45, 2.75) is 20.8 Å². The highest BCUT2D eigenvalue weighted by Crippen LogP contribution is 2.23. The Hall–Kier alpha value is -3.33. The monoisotopic (exact) mass is 366 g/mol. The Bertz CT molecular complexity index is 865. The molecule has 6 heteroatoms. The van der Waals surface area contributed by atoms with E-state index in [4.69, 9.17) is 0 Å². The average molecular weight is 366 g/mol. The maximum absolute atomic E-state index is 12.9. The van der Waals surface area contributed by atoms with E-state index >= 15 is 0 Å². The number of carbonyl (C=O) groups is 1. The van der Waals surface area contributed by atoms with Crippen LogP contribution in [0.5, 0.6) is 0 Å². The van der Waals surface area contributed by atoms with Gasteiger partial charge in [0.2, 0.25) is 0 Å². The smallest absolute Gasteiger partial charge is 0.267 e. The minimum absolute atomic E-state index is 0.0773. The fourth-order valence-corrected chi connectivity index (χ4v) is 2.63. The van der Waals surface area contributed by atoms with Crippen LogP contribution in [0.4, 0.5) is 21.5 Å². The molecule has 1 amide bonds. The van der Waals surface area contributed by atoms with Crippen molar-refractivity contribution >= 4 is 23.0 Å². The lowest BCUT2D eigenvalue weighted by Crippen LogP contribution is -2.21. The van der Waals surface area contributed by atoms with Crippen molar-refractivity contribution in [3.8, 4) is 6.07 Å². The minimum Gasteiger partial charge on any atom is -0.372 e. The van der Waals surface area contributed by atoms with Gasteiger partial charge in [-0.15, -0.1) is 0 Å². The maximum atomic E-state index is 12.9. The van der Waals surface area contributed by atoms with Crippen LogP contribution in [0.1, 0.15) is 19.4 Å². The molecule has 0 aromatic heterocycles. The summed E-state index contributed by atoms with van der Waals surface area (Å²) in [5, 5.41) is 14.8. The highest BCUT2D eigenvalue weighted by molar-refractivity contribution is 6.06. The van der Waals surface area contributed by atoms with Crippen LogP contribution >= 0.6 is 0 Å². The van der Waals surface area contributed by atoms with Gasteiger partial charge in [-0.1, -0.05) is 0 Å². The van der Waals surface area contributed by atoms with Gasteiger partial charge in [0.05, 0.1) is 0 Å². The summed E-state index contributed by atoms with van der Waals surface area (Å²) in [4.78, 5) is 14.5. The lowest BCUT2D eigenvalue weighted by molar-refractivity contribution is -0.112. The topological polar surface area (TPSA) is 68.2 Å². The van der Waals surface area contributed by atoms with E-state index < -0.39 is 11.7 Å². The van der Waals surface area contributed by atoms with E-state index in [9.17, 15) is 14.4 Å². The number of hydrogen-bond donors (Lipinski definition) is 2. The summed E-state index contributed by atoms with van der Waals surface area (Å²) in [6.07, 6.45) is 1.37. The third-order valence-electron chi connectivity index (χ3n) is 4.18. The summed E-state index contributed by atoms with van der Waals surface area (Å²) in [5.74, 6) is -0.955. The number of amides is 1. The zero-order chi connectivity index (χ0) is 19.8. The van der Waals surface area contributed by atoms with E-state index in [0.717, 1.165) is 30.0 Å². The van der Waals surface area contributed by atoms with Crippen LogP contribution in [0.3, 0.4) is 0 Å². The summed E-state index contributed by atoms with van der Waals surface area (Å²) in [6.45, 7) is 8.02. The fourth-order valence-electron chi connectivity index (χ4n) is 2.63. The van der Waals surface area contributed by atoms with Gasteiger partial charge in [-0.2, -0.15) is 5.26 Å². The summed E-state index contributed by atoms with van der Waals surface area (Å²) in [6, 6.07) is 13.2. The highest BCUT2D eigenvalue weighted by Gasteiger charge is 2.10. The molecule has 0 bridgehead atoms. The van der Waals surface area contributed by atoms with E-state index in [1.807, 2.05) is 25.1 Å². The van der Waals surface area contributed by atoms with Crippen LogP contribution < -0.4 is 15.5 Å². The van der Waals surface area contributed by atoms with Gasteiger partial charge in [-0.25, -0.2) is 4.39 Å². The van der Waals surface area contributed by atoms with Crippen molar-refractivity contribution in [1.29, 1.82) is 5.26 Å². The Kier molecular flexibility index (Phi) is 6.95. The predicted octanol–water partition coefficient (Wildman–Crippen LogP) is 4.44. The number of aryl methyl sites for hydroxylation is 1. The van der Waals surface area contributed by atoms with Crippen LogP contribution in [0.15, 0.2) is 54.2 Å². The van der Waals surface area contributed by atoms with Crippen LogP contribution in [0.25, 0.3) is 0 Å². The number of nitrogens with one attached hydrogen (secondary N) is 2. The molecule has 140 valence electrons. The average Bonchev–Trinajstić information content (AvgIpc) is 2.66. The van der Waals surface area contributed by atoms with E-state index in [1.54, 1.807) is 0 Å². The second-order valence-electron chi connectivity index (χ2n) is 5.95. The van der Waals surface area contributed by atoms with Gasteiger partial charge in [0.25, 0.3) is 5.91 Å². The molecule has 0 spiro atoms. The highest BCUT2D eigenvalue weighted by atomic mass is 19.1. The normalized spacial score (nSPS) is 10.9. The summed E-state index contributed by atoms with van der Waals surface area (Å²) in [5.41, 5.74) is 3.29. The first-order valence-corrected chi connectivity index (χ1v) is 8.77. The van der Waals surface area contributed by atoms with Gasteiger partial charge in [-0.3, -0.25) is 4.79 Å². The number of halogens is 1. The molecule has 2 N–H and O–H groups in total. The minimum atomic E-state index is -0.561. The Labute approximate surface area is 159 Å². The molecule has 2 rings (SSSR count). The second kappa shape index (κ2) is 9.39. The van der Waals surface area contributed by atoms with E-state index in [0.29, 0.717) is 5.69 Å². The number of nitrogens with zero attached hydrogens (tertiary/aromatic N) is 2. The van der Waals surface area contributed by atoms with Gasteiger partial charge >= 0.3 is 0 Å². The Morgan fingerprint density at radius 2 is 1.85 bits per heavy atom. The zero-order valence-corrected chi connectivity index (χ0v) is 15.7. The number of anilines is 3. The maximum Gasteiger partial charge on any atom is 0.267 e. The number of nitriles is 1. The van der Waals surface area contributed by atoms with Crippen LogP contribution in [-0.2, 0) is 4.79 Å².